The van der Waals surface area contributed by atoms with E-state index in [-0.39, 0.29) is 18.7 Å². The summed E-state index contributed by atoms with van der Waals surface area (Å²) in [5.74, 6) is -1.96. The molecule has 0 bridgehead atoms. The van der Waals surface area contributed by atoms with Gasteiger partial charge in [0.25, 0.3) is 0 Å². The van der Waals surface area contributed by atoms with Gasteiger partial charge in [0.05, 0.1) is 6.04 Å². The SMILES string of the molecule is CCCCCCCCCCCCCCCCCCCC(=O)N(C(=O)[C@H](CCCCN)NC)[C@@H](CCCCN)C(=O)O. The third kappa shape index (κ3) is 20.9. The Morgan fingerprint density at radius 3 is 1.44 bits per heavy atom. The number of likely N-dealkylation sites (N-methyl/N-ethyl adjacent to an activating group) is 1. The number of carbonyl (C=O) groups is 3. The fourth-order valence-corrected chi connectivity index (χ4v) is 5.47. The van der Waals surface area contributed by atoms with Crippen LogP contribution in [0.3, 0.4) is 0 Å². The Kier molecular flexibility index (Phi) is 27.5. The van der Waals surface area contributed by atoms with Crippen molar-refractivity contribution in [2.24, 2.45) is 11.5 Å². The number of aliphatic carboxylic acids is 1. The van der Waals surface area contributed by atoms with E-state index in [2.05, 4.69) is 12.2 Å². The second kappa shape index (κ2) is 28.6. The quantitative estimate of drug-likeness (QED) is 0.0693. The maximum absolute atomic E-state index is 13.4. The third-order valence-electron chi connectivity index (χ3n) is 8.12. The molecule has 0 saturated carbocycles. The Labute approximate surface area is 252 Å². The normalized spacial score (nSPS) is 12.8. The van der Waals surface area contributed by atoms with Crippen LogP contribution in [0, 0.1) is 0 Å². The van der Waals surface area contributed by atoms with E-state index in [1.165, 1.54) is 83.5 Å². The minimum absolute atomic E-state index is 0.199. The van der Waals surface area contributed by atoms with Crippen LogP contribution in [-0.2, 0) is 14.4 Å². The molecule has 6 N–H and O–H groups in total. The van der Waals surface area contributed by atoms with E-state index in [4.69, 9.17) is 11.5 Å². The van der Waals surface area contributed by atoms with Crippen molar-refractivity contribution in [2.45, 2.75) is 173 Å². The molecule has 2 atom stereocenters. The molecule has 0 radical (unpaired) electrons. The second-order valence-electron chi connectivity index (χ2n) is 11.8. The summed E-state index contributed by atoms with van der Waals surface area (Å²) in [6, 6.07) is -1.75. The largest absolute Gasteiger partial charge is 0.480 e. The third-order valence-corrected chi connectivity index (χ3v) is 8.12. The summed E-state index contributed by atoms with van der Waals surface area (Å²) in [6.45, 7) is 3.25. The van der Waals surface area contributed by atoms with Crippen molar-refractivity contribution in [3.63, 3.8) is 0 Å². The van der Waals surface area contributed by atoms with Gasteiger partial charge in [-0.15, -0.1) is 0 Å². The lowest BCUT2D eigenvalue weighted by Crippen LogP contribution is -2.54. The predicted molar refractivity (Wildman–Crippen MR) is 171 cm³/mol. The molecule has 0 spiro atoms. The van der Waals surface area contributed by atoms with Gasteiger partial charge >= 0.3 is 5.97 Å². The lowest BCUT2D eigenvalue weighted by molar-refractivity contribution is -0.159. The summed E-state index contributed by atoms with van der Waals surface area (Å²) in [7, 11) is 1.67. The van der Waals surface area contributed by atoms with E-state index in [0.29, 0.717) is 38.8 Å². The molecule has 0 unspecified atom stereocenters. The van der Waals surface area contributed by atoms with E-state index in [1.807, 2.05) is 0 Å². The number of amides is 2. The monoisotopic (exact) mass is 583 g/mol. The van der Waals surface area contributed by atoms with E-state index >= 15 is 0 Å². The average molecular weight is 583 g/mol. The van der Waals surface area contributed by atoms with Gasteiger partial charge in [0.15, 0.2) is 0 Å². The summed E-state index contributed by atoms with van der Waals surface area (Å²) in [6.07, 6.45) is 25.1. The Hall–Kier alpha value is -1.51. The Morgan fingerprint density at radius 1 is 0.634 bits per heavy atom. The number of nitrogens with two attached hydrogens (primary N) is 2. The van der Waals surface area contributed by atoms with E-state index in [1.54, 1.807) is 7.05 Å². The molecule has 2 amide bonds. The molecule has 0 aliphatic heterocycles. The predicted octanol–water partition coefficient (Wildman–Crippen LogP) is 6.68. The van der Waals surface area contributed by atoms with Crippen LogP contribution in [0.1, 0.15) is 161 Å². The molecule has 0 aromatic heterocycles. The highest BCUT2D eigenvalue weighted by Crippen LogP contribution is 2.18. The maximum Gasteiger partial charge on any atom is 0.326 e. The molecule has 0 rings (SSSR count). The average Bonchev–Trinajstić information content (AvgIpc) is 2.96. The minimum Gasteiger partial charge on any atom is -0.480 e. The lowest BCUT2D eigenvalue weighted by Gasteiger charge is -2.31. The van der Waals surface area contributed by atoms with Gasteiger partial charge in [0.1, 0.15) is 6.04 Å². The van der Waals surface area contributed by atoms with Crippen LogP contribution >= 0.6 is 0 Å². The molecular weight excluding hydrogens is 516 g/mol. The minimum atomic E-state index is -1.15. The molecule has 0 aromatic carbocycles. The first-order valence-electron chi connectivity index (χ1n) is 17.1. The first kappa shape index (κ1) is 39.5. The van der Waals surface area contributed by atoms with E-state index in [0.717, 1.165) is 37.0 Å². The van der Waals surface area contributed by atoms with Crippen molar-refractivity contribution in [1.82, 2.24) is 10.2 Å². The summed E-state index contributed by atoms with van der Waals surface area (Å²) in [5, 5.41) is 12.9. The van der Waals surface area contributed by atoms with Crippen LogP contribution in [0.4, 0.5) is 0 Å². The highest BCUT2D eigenvalue weighted by Gasteiger charge is 2.36. The number of unbranched alkanes of at least 4 members (excludes halogenated alkanes) is 18. The van der Waals surface area contributed by atoms with Crippen molar-refractivity contribution >= 4 is 17.8 Å². The maximum atomic E-state index is 13.4. The molecule has 0 heterocycles. The van der Waals surface area contributed by atoms with Crippen LogP contribution in [0.15, 0.2) is 0 Å². The van der Waals surface area contributed by atoms with Crippen molar-refractivity contribution in [3.8, 4) is 0 Å². The fraction of sp³-hybridized carbons (Fsp3) is 0.909. The standard InChI is InChI=1S/C33H66N4O4/c1-3-4-5-6-7-8-9-10-11-12-13-14-15-16-17-18-19-26-31(38)37(30(33(40)41)25-21-23-28-35)32(39)29(36-2)24-20-22-27-34/h29-30,36H,3-28,34-35H2,1-2H3,(H,40,41)/t29-,30-/m0/s1. The van der Waals surface area contributed by atoms with Crippen LogP contribution in [0.5, 0.6) is 0 Å². The Morgan fingerprint density at radius 2 is 1.05 bits per heavy atom. The summed E-state index contributed by atoms with van der Waals surface area (Å²) in [4.78, 5) is 39.8. The number of carboxylic acid groups (broad SMARTS) is 1. The van der Waals surface area contributed by atoms with Crippen LogP contribution < -0.4 is 16.8 Å². The number of carboxylic acids is 1. The summed E-state index contributed by atoms with van der Waals surface area (Å²) < 4.78 is 0. The van der Waals surface area contributed by atoms with Crippen molar-refractivity contribution in [3.05, 3.63) is 0 Å². The molecule has 0 aliphatic carbocycles. The number of nitrogens with one attached hydrogen (secondary N) is 1. The molecule has 0 fully saturated rings. The van der Waals surface area contributed by atoms with Gasteiger partial charge in [0.2, 0.25) is 11.8 Å². The molecule has 8 heteroatoms. The topological polar surface area (TPSA) is 139 Å². The first-order valence-corrected chi connectivity index (χ1v) is 17.1. The van der Waals surface area contributed by atoms with Crippen LogP contribution in [-0.4, -0.2) is 60.0 Å². The van der Waals surface area contributed by atoms with Gasteiger partial charge < -0.3 is 21.9 Å². The Balaban J connectivity index is 4.41. The van der Waals surface area contributed by atoms with Gasteiger partial charge in [-0.05, 0) is 58.7 Å². The zero-order valence-electron chi connectivity index (χ0n) is 26.8. The molecular formula is C33H66N4O4. The van der Waals surface area contributed by atoms with Crippen molar-refractivity contribution in [1.29, 1.82) is 0 Å². The van der Waals surface area contributed by atoms with Gasteiger partial charge in [-0.25, -0.2) is 4.79 Å². The molecule has 242 valence electrons. The number of hydrogen-bond acceptors (Lipinski definition) is 6. The van der Waals surface area contributed by atoms with Gasteiger partial charge in [-0.2, -0.15) is 0 Å². The zero-order chi connectivity index (χ0) is 30.6. The van der Waals surface area contributed by atoms with Crippen molar-refractivity contribution in [2.75, 3.05) is 20.1 Å². The number of rotatable bonds is 30. The smallest absolute Gasteiger partial charge is 0.326 e. The van der Waals surface area contributed by atoms with Gasteiger partial charge in [-0.1, -0.05) is 116 Å². The summed E-state index contributed by atoms with van der Waals surface area (Å²) >= 11 is 0. The molecule has 0 aliphatic rings. The van der Waals surface area contributed by atoms with Crippen molar-refractivity contribution < 1.29 is 19.5 Å². The van der Waals surface area contributed by atoms with Gasteiger partial charge in [0, 0.05) is 6.42 Å². The number of imide groups is 1. The second-order valence-corrected chi connectivity index (χ2v) is 11.8. The number of hydrogen-bond donors (Lipinski definition) is 4. The van der Waals surface area contributed by atoms with Gasteiger partial charge in [-0.3, -0.25) is 14.5 Å². The summed E-state index contributed by atoms with van der Waals surface area (Å²) in [5.41, 5.74) is 11.2. The number of nitrogens with zero attached hydrogens (tertiary/aromatic N) is 1. The fourth-order valence-electron chi connectivity index (χ4n) is 5.47. The first-order chi connectivity index (χ1) is 19.9. The highest BCUT2D eigenvalue weighted by molar-refractivity contribution is 6.01. The number of carbonyl (C=O) groups excluding carboxylic acids is 2. The molecule has 0 aromatic rings. The van der Waals surface area contributed by atoms with Crippen LogP contribution in [0.25, 0.3) is 0 Å². The lowest BCUT2D eigenvalue weighted by atomic mass is 10.0. The molecule has 8 nitrogen and oxygen atoms in total. The molecule has 41 heavy (non-hydrogen) atoms. The Bertz CT molecular complexity index is 647. The van der Waals surface area contributed by atoms with E-state index < -0.39 is 24.0 Å². The van der Waals surface area contributed by atoms with Crippen LogP contribution in [0.2, 0.25) is 0 Å². The highest BCUT2D eigenvalue weighted by atomic mass is 16.4. The molecule has 0 saturated heterocycles. The zero-order valence-corrected chi connectivity index (χ0v) is 26.8. The van der Waals surface area contributed by atoms with E-state index in [9.17, 15) is 19.5 Å².